The number of rotatable bonds is 3. The van der Waals surface area contributed by atoms with Crippen LogP contribution in [-0.4, -0.2) is 35.1 Å². The van der Waals surface area contributed by atoms with Gasteiger partial charge in [-0.05, 0) is 32.8 Å². The third-order valence-electron chi connectivity index (χ3n) is 3.91. The molecule has 1 fully saturated rings. The first-order valence-electron chi connectivity index (χ1n) is 7.23. The highest BCUT2D eigenvalue weighted by atomic mass is 16.4. The van der Waals surface area contributed by atoms with Gasteiger partial charge < -0.3 is 15.3 Å². The molecule has 0 radical (unpaired) electrons. The number of likely N-dealkylation sites (tertiary alicyclic amines) is 1. The molecule has 2 N–H and O–H groups in total. The number of carbonyl (C=O) groups is 2. The fourth-order valence-electron chi connectivity index (χ4n) is 2.77. The highest BCUT2D eigenvalue weighted by Gasteiger charge is 2.31. The summed E-state index contributed by atoms with van der Waals surface area (Å²) in [4.78, 5) is 24.7. The maximum atomic E-state index is 12.2. The molecular weight excluding hydrogens is 268 g/mol. The van der Waals surface area contributed by atoms with Crippen LogP contribution in [0.25, 0.3) is 0 Å². The number of carboxylic acids is 1. The fraction of sp³-hybridized carbons (Fsp3) is 0.500. The van der Waals surface area contributed by atoms with E-state index in [2.05, 4.69) is 23.5 Å². The summed E-state index contributed by atoms with van der Waals surface area (Å²) in [6.07, 6.45) is 0.528. The monoisotopic (exact) mass is 290 g/mol. The lowest BCUT2D eigenvalue weighted by Gasteiger charge is -2.21. The van der Waals surface area contributed by atoms with Crippen LogP contribution in [0.1, 0.15) is 36.1 Å². The van der Waals surface area contributed by atoms with Crippen molar-refractivity contribution in [3.05, 3.63) is 34.9 Å². The van der Waals surface area contributed by atoms with E-state index in [1.165, 1.54) is 11.1 Å². The third-order valence-corrected chi connectivity index (χ3v) is 3.91. The van der Waals surface area contributed by atoms with Crippen LogP contribution in [0, 0.1) is 19.8 Å². The minimum Gasteiger partial charge on any atom is -0.481 e. The zero-order valence-electron chi connectivity index (χ0n) is 12.7. The minimum absolute atomic E-state index is 0.0972. The number of amides is 2. The van der Waals surface area contributed by atoms with Gasteiger partial charge in [0.05, 0.1) is 12.0 Å². The van der Waals surface area contributed by atoms with Crippen molar-refractivity contribution in [3.63, 3.8) is 0 Å². The molecule has 0 spiro atoms. The standard InChI is InChI=1S/C16H22N2O3/c1-10-6-11(2)8-14(7-10)12(3)17-16(21)18-5-4-13(9-18)15(19)20/h6-8,12-13H,4-5,9H2,1-3H3,(H,17,21)(H,19,20). The largest absolute Gasteiger partial charge is 0.481 e. The molecule has 5 heteroatoms. The summed E-state index contributed by atoms with van der Waals surface area (Å²) in [5.74, 6) is -1.26. The topological polar surface area (TPSA) is 69.6 Å². The van der Waals surface area contributed by atoms with E-state index in [4.69, 9.17) is 5.11 Å². The van der Waals surface area contributed by atoms with E-state index in [0.29, 0.717) is 19.5 Å². The molecule has 0 aromatic heterocycles. The van der Waals surface area contributed by atoms with Crippen molar-refractivity contribution in [3.8, 4) is 0 Å². The van der Waals surface area contributed by atoms with Gasteiger partial charge in [-0.3, -0.25) is 4.79 Å². The lowest BCUT2D eigenvalue weighted by Crippen LogP contribution is -2.40. The van der Waals surface area contributed by atoms with Crippen LogP contribution >= 0.6 is 0 Å². The summed E-state index contributed by atoms with van der Waals surface area (Å²) in [6, 6.07) is 5.92. The summed E-state index contributed by atoms with van der Waals surface area (Å²) < 4.78 is 0. The highest BCUT2D eigenvalue weighted by molar-refractivity contribution is 5.77. The van der Waals surface area contributed by atoms with Crippen molar-refractivity contribution in [2.24, 2.45) is 5.92 Å². The lowest BCUT2D eigenvalue weighted by molar-refractivity contribution is -0.141. The Balaban J connectivity index is 1.98. The number of urea groups is 1. The van der Waals surface area contributed by atoms with Crippen molar-refractivity contribution in [2.45, 2.75) is 33.2 Å². The summed E-state index contributed by atoms with van der Waals surface area (Å²) in [5, 5.41) is 11.9. The smallest absolute Gasteiger partial charge is 0.317 e. The Labute approximate surface area is 125 Å². The Morgan fingerprint density at radius 1 is 1.29 bits per heavy atom. The zero-order valence-corrected chi connectivity index (χ0v) is 12.7. The van der Waals surface area contributed by atoms with Crippen LogP contribution in [0.2, 0.25) is 0 Å². The fourth-order valence-corrected chi connectivity index (χ4v) is 2.77. The van der Waals surface area contributed by atoms with Gasteiger partial charge in [-0.15, -0.1) is 0 Å². The van der Waals surface area contributed by atoms with Gasteiger partial charge in [0.1, 0.15) is 0 Å². The normalized spacial score (nSPS) is 19.4. The number of hydrogen-bond acceptors (Lipinski definition) is 2. The molecule has 0 bridgehead atoms. The van der Waals surface area contributed by atoms with Gasteiger partial charge in [0.2, 0.25) is 0 Å². The number of aliphatic carboxylic acids is 1. The summed E-state index contributed by atoms with van der Waals surface area (Å²) in [6.45, 7) is 6.80. The number of nitrogens with zero attached hydrogens (tertiary/aromatic N) is 1. The Bertz CT molecular complexity index is 536. The van der Waals surface area contributed by atoms with Crippen molar-refractivity contribution in [2.75, 3.05) is 13.1 Å². The number of carbonyl (C=O) groups excluding carboxylic acids is 1. The molecule has 1 aromatic carbocycles. The molecule has 2 unspecified atom stereocenters. The predicted molar refractivity (Wildman–Crippen MR) is 80.2 cm³/mol. The molecule has 1 heterocycles. The molecular formula is C16H22N2O3. The van der Waals surface area contributed by atoms with E-state index in [0.717, 1.165) is 5.56 Å². The van der Waals surface area contributed by atoms with Gasteiger partial charge in [0, 0.05) is 13.1 Å². The molecule has 21 heavy (non-hydrogen) atoms. The van der Waals surface area contributed by atoms with Gasteiger partial charge in [0.25, 0.3) is 0 Å². The Hall–Kier alpha value is -2.04. The Kier molecular flexibility index (Phi) is 4.50. The number of aryl methyl sites for hydroxylation is 2. The number of nitrogens with one attached hydrogen (secondary N) is 1. The molecule has 2 atom stereocenters. The number of carboxylic acid groups (broad SMARTS) is 1. The maximum Gasteiger partial charge on any atom is 0.317 e. The van der Waals surface area contributed by atoms with Gasteiger partial charge in [-0.2, -0.15) is 0 Å². The van der Waals surface area contributed by atoms with Gasteiger partial charge in [0.15, 0.2) is 0 Å². The first kappa shape index (κ1) is 15.4. The van der Waals surface area contributed by atoms with E-state index in [1.807, 2.05) is 20.8 Å². The predicted octanol–water partition coefficient (Wildman–Crippen LogP) is 2.48. The number of benzene rings is 1. The van der Waals surface area contributed by atoms with E-state index < -0.39 is 11.9 Å². The first-order valence-corrected chi connectivity index (χ1v) is 7.23. The van der Waals surface area contributed by atoms with E-state index >= 15 is 0 Å². The van der Waals surface area contributed by atoms with E-state index in [9.17, 15) is 9.59 Å². The average molecular weight is 290 g/mol. The molecule has 2 amide bonds. The summed E-state index contributed by atoms with van der Waals surface area (Å²) in [7, 11) is 0. The van der Waals surface area contributed by atoms with Crippen LogP contribution in [0.4, 0.5) is 4.79 Å². The molecule has 114 valence electrons. The van der Waals surface area contributed by atoms with Crippen molar-refractivity contribution >= 4 is 12.0 Å². The van der Waals surface area contributed by atoms with Crippen molar-refractivity contribution in [1.82, 2.24) is 10.2 Å². The van der Waals surface area contributed by atoms with Crippen molar-refractivity contribution < 1.29 is 14.7 Å². The zero-order chi connectivity index (χ0) is 15.6. The second kappa shape index (κ2) is 6.16. The molecule has 0 saturated carbocycles. The van der Waals surface area contributed by atoms with Crippen LogP contribution < -0.4 is 5.32 Å². The van der Waals surface area contributed by atoms with Gasteiger partial charge in [-0.1, -0.05) is 29.3 Å². The van der Waals surface area contributed by atoms with Gasteiger partial charge >= 0.3 is 12.0 Å². The molecule has 1 aromatic rings. The average Bonchev–Trinajstić information content (AvgIpc) is 2.87. The molecule has 0 aliphatic carbocycles. The second-order valence-electron chi connectivity index (χ2n) is 5.86. The molecule has 1 aliphatic heterocycles. The Morgan fingerprint density at radius 2 is 1.90 bits per heavy atom. The Morgan fingerprint density at radius 3 is 2.43 bits per heavy atom. The van der Waals surface area contributed by atoms with Crippen molar-refractivity contribution in [1.29, 1.82) is 0 Å². The minimum atomic E-state index is -0.826. The van der Waals surface area contributed by atoms with Crippen LogP contribution in [0.15, 0.2) is 18.2 Å². The first-order chi connectivity index (χ1) is 9.86. The van der Waals surface area contributed by atoms with E-state index in [1.54, 1.807) is 4.90 Å². The molecule has 2 rings (SSSR count). The molecule has 1 saturated heterocycles. The SMILES string of the molecule is Cc1cc(C)cc(C(C)NC(=O)N2CCC(C(=O)O)C2)c1. The maximum absolute atomic E-state index is 12.2. The third kappa shape index (κ3) is 3.74. The lowest BCUT2D eigenvalue weighted by atomic mass is 10.0. The van der Waals surface area contributed by atoms with Crippen LogP contribution in [0.5, 0.6) is 0 Å². The second-order valence-corrected chi connectivity index (χ2v) is 5.86. The summed E-state index contributed by atoms with van der Waals surface area (Å²) in [5.41, 5.74) is 3.39. The van der Waals surface area contributed by atoms with E-state index in [-0.39, 0.29) is 12.1 Å². The van der Waals surface area contributed by atoms with Crippen LogP contribution in [-0.2, 0) is 4.79 Å². The highest BCUT2D eigenvalue weighted by Crippen LogP contribution is 2.19. The number of hydrogen-bond donors (Lipinski definition) is 2. The molecule has 5 nitrogen and oxygen atoms in total. The quantitative estimate of drug-likeness (QED) is 0.898. The van der Waals surface area contributed by atoms with Crippen LogP contribution in [0.3, 0.4) is 0 Å². The summed E-state index contributed by atoms with van der Waals surface area (Å²) >= 11 is 0. The van der Waals surface area contributed by atoms with Gasteiger partial charge in [-0.25, -0.2) is 4.79 Å². The molecule has 1 aliphatic rings.